The van der Waals surface area contributed by atoms with Crippen molar-refractivity contribution >= 4 is 50.5 Å². The quantitative estimate of drug-likeness (QED) is 0.751. The van der Waals surface area contributed by atoms with Gasteiger partial charge in [0, 0.05) is 17.1 Å². The van der Waals surface area contributed by atoms with Crippen LogP contribution in [0, 0.1) is 0 Å². The van der Waals surface area contributed by atoms with E-state index < -0.39 is 0 Å². The molecule has 0 aromatic heterocycles. The number of aromatic hydroxyl groups is 1. The first kappa shape index (κ1) is 16.8. The first-order chi connectivity index (χ1) is 11.6. The highest BCUT2D eigenvalue weighted by Crippen LogP contribution is 2.34. The molecule has 0 radical (unpaired) electrons. The van der Waals surface area contributed by atoms with E-state index in [1.165, 1.54) is 11.8 Å². The zero-order valence-corrected chi connectivity index (χ0v) is 15.3. The molecule has 1 heterocycles. The largest absolute Gasteiger partial charge is 0.508 e. The number of thioether (sulfide) groups is 1. The highest BCUT2D eigenvalue weighted by molar-refractivity contribution is 9.10. The van der Waals surface area contributed by atoms with Gasteiger partial charge in [0.25, 0.3) is 5.91 Å². The monoisotopic (exact) mass is 402 g/mol. The minimum atomic E-state index is -0.0516. The van der Waals surface area contributed by atoms with E-state index in [-0.39, 0.29) is 11.7 Å². The maximum absolute atomic E-state index is 12.6. The molecule has 0 atom stereocenters. The van der Waals surface area contributed by atoms with Gasteiger partial charge in [0.15, 0.2) is 5.17 Å². The van der Waals surface area contributed by atoms with Crippen molar-refractivity contribution in [1.29, 1.82) is 0 Å². The Labute approximate surface area is 153 Å². The van der Waals surface area contributed by atoms with Gasteiger partial charge in [-0.3, -0.25) is 9.69 Å². The summed E-state index contributed by atoms with van der Waals surface area (Å²) in [4.78, 5) is 19.4. The number of phenolic OH excluding ortho intramolecular Hbond substituents is 1. The number of amides is 1. The molecule has 0 bridgehead atoms. The van der Waals surface area contributed by atoms with Gasteiger partial charge in [-0.15, -0.1) is 0 Å². The van der Waals surface area contributed by atoms with Crippen LogP contribution in [0.2, 0.25) is 0 Å². The van der Waals surface area contributed by atoms with Gasteiger partial charge < -0.3 is 5.11 Å². The van der Waals surface area contributed by atoms with Crippen LogP contribution in [0.25, 0.3) is 6.08 Å². The Morgan fingerprint density at radius 1 is 1.25 bits per heavy atom. The normalized spacial score (nSPS) is 17.9. The molecule has 2 aromatic rings. The molecule has 1 aliphatic rings. The summed E-state index contributed by atoms with van der Waals surface area (Å²) in [6, 6.07) is 14.5. The number of benzene rings is 2. The molecule has 24 heavy (non-hydrogen) atoms. The number of hydrogen-bond acceptors (Lipinski definition) is 4. The summed E-state index contributed by atoms with van der Waals surface area (Å²) >= 11 is 4.75. The van der Waals surface area contributed by atoms with Crippen molar-refractivity contribution in [2.24, 2.45) is 4.99 Å². The molecule has 1 amide bonds. The first-order valence-corrected chi connectivity index (χ1v) is 9.02. The molecule has 1 N–H and O–H groups in total. The van der Waals surface area contributed by atoms with Crippen LogP contribution in [0.3, 0.4) is 0 Å². The van der Waals surface area contributed by atoms with Crippen molar-refractivity contribution in [2.75, 3.05) is 6.54 Å². The minimum Gasteiger partial charge on any atom is -0.508 e. The molecule has 0 aliphatic carbocycles. The van der Waals surface area contributed by atoms with Gasteiger partial charge in [-0.1, -0.05) is 34.1 Å². The Kier molecular flexibility index (Phi) is 5.06. The molecule has 0 unspecified atom stereocenters. The second-order valence-corrected chi connectivity index (χ2v) is 7.05. The lowest BCUT2D eigenvalue weighted by Crippen LogP contribution is -2.28. The number of hydrogen-bond donors (Lipinski definition) is 1. The topological polar surface area (TPSA) is 52.9 Å². The summed E-state index contributed by atoms with van der Waals surface area (Å²) in [5.41, 5.74) is 1.58. The van der Waals surface area contributed by atoms with E-state index in [1.54, 1.807) is 29.2 Å². The lowest BCUT2D eigenvalue weighted by Gasteiger charge is -2.11. The van der Waals surface area contributed by atoms with Crippen LogP contribution in [0.4, 0.5) is 5.69 Å². The second-order valence-electron chi connectivity index (χ2n) is 5.13. The van der Waals surface area contributed by atoms with Crippen LogP contribution in [0.5, 0.6) is 5.75 Å². The highest BCUT2D eigenvalue weighted by atomic mass is 79.9. The third-order valence-electron chi connectivity index (χ3n) is 3.43. The van der Waals surface area contributed by atoms with Gasteiger partial charge in [0.2, 0.25) is 0 Å². The molecule has 1 saturated heterocycles. The third kappa shape index (κ3) is 3.71. The Bertz CT molecular complexity index is 831. The van der Waals surface area contributed by atoms with Crippen LogP contribution in [0.15, 0.2) is 62.9 Å². The second kappa shape index (κ2) is 7.23. The van der Waals surface area contributed by atoms with Crippen molar-refractivity contribution in [3.8, 4) is 5.75 Å². The van der Waals surface area contributed by atoms with Crippen molar-refractivity contribution in [3.05, 3.63) is 63.5 Å². The molecule has 0 spiro atoms. The molecule has 1 fully saturated rings. The van der Waals surface area contributed by atoms with Crippen molar-refractivity contribution in [2.45, 2.75) is 6.92 Å². The number of amidine groups is 1. The lowest BCUT2D eigenvalue weighted by atomic mass is 10.2. The number of halogens is 1. The number of phenols is 1. The van der Waals surface area contributed by atoms with E-state index in [1.807, 2.05) is 37.3 Å². The number of nitrogens with zero attached hydrogens (tertiary/aromatic N) is 2. The van der Waals surface area contributed by atoms with E-state index >= 15 is 0 Å². The zero-order chi connectivity index (χ0) is 17.1. The van der Waals surface area contributed by atoms with Gasteiger partial charge in [-0.05, 0) is 54.6 Å². The van der Waals surface area contributed by atoms with E-state index in [2.05, 4.69) is 20.9 Å². The number of carbonyl (C=O) groups is 1. The van der Waals surface area contributed by atoms with Crippen LogP contribution in [0.1, 0.15) is 12.5 Å². The Morgan fingerprint density at radius 2 is 2.00 bits per heavy atom. The minimum absolute atomic E-state index is 0.0516. The van der Waals surface area contributed by atoms with Gasteiger partial charge >= 0.3 is 0 Å². The van der Waals surface area contributed by atoms with Gasteiger partial charge in [-0.2, -0.15) is 0 Å². The summed E-state index contributed by atoms with van der Waals surface area (Å²) in [5.74, 6) is 0.101. The number of likely N-dealkylation sites (N-methyl/N-ethyl adjacent to an activating group) is 1. The van der Waals surface area contributed by atoms with E-state index in [4.69, 9.17) is 0 Å². The summed E-state index contributed by atoms with van der Waals surface area (Å²) < 4.78 is 0.997. The maximum atomic E-state index is 12.6. The first-order valence-electron chi connectivity index (χ1n) is 7.41. The molecule has 122 valence electrons. The average molecular weight is 403 g/mol. The molecule has 0 saturated carbocycles. The van der Waals surface area contributed by atoms with E-state index in [0.29, 0.717) is 22.3 Å². The Hall–Kier alpha value is -2.05. The SMILES string of the molecule is CCN1C(=O)/C(=C/c2ccc(Br)cc2)SC1=Nc1cccc(O)c1. The highest BCUT2D eigenvalue weighted by Gasteiger charge is 2.32. The fourth-order valence-electron chi connectivity index (χ4n) is 2.25. The lowest BCUT2D eigenvalue weighted by molar-refractivity contribution is -0.122. The molecular formula is C18H15BrN2O2S. The fourth-order valence-corrected chi connectivity index (χ4v) is 3.58. The van der Waals surface area contributed by atoms with Crippen molar-refractivity contribution in [3.63, 3.8) is 0 Å². The number of carbonyl (C=O) groups excluding carboxylic acids is 1. The number of rotatable bonds is 3. The Morgan fingerprint density at radius 3 is 2.67 bits per heavy atom. The van der Waals surface area contributed by atoms with Gasteiger partial charge in [-0.25, -0.2) is 4.99 Å². The van der Waals surface area contributed by atoms with Crippen LogP contribution in [-0.2, 0) is 4.79 Å². The predicted octanol–water partition coefficient (Wildman–Crippen LogP) is 4.78. The summed E-state index contributed by atoms with van der Waals surface area (Å²) in [6.45, 7) is 2.46. The molecule has 6 heteroatoms. The van der Waals surface area contributed by atoms with Gasteiger partial charge in [0.1, 0.15) is 5.75 Å². The van der Waals surface area contributed by atoms with Crippen LogP contribution < -0.4 is 0 Å². The van der Waals surface area contributed by atoms with E-state index in [9.17, 15) is 9.90 Å². The Balaban J connectivity index is 1.92. The molecule has 2 aromatic carbocycles. The average Bonchev–Trinajstić information content (AvgIpc) is 2.84. The van der Waals surface area contributed by atoms with Crippen LogP contribution in [-0.4, -0.2) is 27.6 Å². The predicted molar refractivity (Wildman–Crippen MR) is 102 cm³/mol. The fraction of sp³-hybridized carbons (Fsp3) is 0.111. The molecular weight excluding hydrogens is 388 g/mol. The summed E-state index contributed by atoms with van der Waals surface area (Å²) in [6.07, 6.45) is 1.87. The van der Waals surface area contributed by atoms with E-state index in [0.717, 1.165) is 10.0 Å². The molecule has 1 aliphatic heterocycles. The zero-order valence-electron chi connectivity index (χ0n) is 12.9. The van der Waals surface area contributed by atoms with Crippen molar-refractivity contribution in [1.82, 2.24) is 4.90 Å². The van der Waals surface area contributed by atoms with Gasteiger partial charge in [0.05, 0.1) is 10.6 Å². The molecule has 4 nitrogen and oxygen atoms in total. The van der Waals surface area contributed by atoms with Crippen LogP contribution >= 0.6 is 27.7 Å². The molecule has 3 rings (SSSR count). The summed E-state index contributed by atoms with van der Waals surface area (Å²) in [7, 11) is 0. The third-order valence-corrected chi connectivity index (χ3v) is 4.96. The number of aliphatic imine (C=N–C) groups is 1. The summed E-state index contributed by atoms with van der Waals surface area (Å²) in [5, 5.41) is 10.2. The maximum Gasteiger partial charge on any atom is 0.266 e. The smallest absolute Gasteiger partial charge is 0.266 e. The van der Waals surface area contributed by atoms with Crippen molar-refractivity contribution < 1.29 is 9.90 Å². The standard InChI is InChI=1S/C18H15BrN2O2S/c1-2-21-17(23)16(10-12-6-8-13(19)9-7-12)24-18(21)20-14-4-3-5-15(22)11-14/h3-11,22H,2H2,1H3/b16-10-,20-18?.